The second kappa shape index (κ2) is 5.46. The Balaban J connectivity index is 2.66. The van der Waals surface area contributed by atoms with E-state index < -0.39 is 0 Å². The minimum absolute atomic E-state index is 0.164. The van der Waals surface area contributed by atoms with Gasteiger partial charge in [-0.05, 0) is 18.1 Å². The summed E-state index contributed by atoms with van der Waals surface area (Å²) >= 11 is 0. The van der Waals surface area contributed by atoms with Crippen molar-refractivity contribution in [1.29, 1.82) is 0 Å². The maximum Gasteiger partial charge on any atom is 0.121 e. The maximum absolute atomic E-state index is 8.89. The van der Waals surface area contributed by atoms with E-state index >= 15 is 0 Å². The average molecular weight is 210 g/mol. The number of benzene rings is 1. The lowest BCUT2D eigenvalue weighted by molar-refractivity contribution is 0.244. The van der Waals surface area contributed by atoms with Gasteiger partial charge in [0, 0.05) is 19.2 Å². The molecule has 0 saturated carbocycles. The van der Waals surface area contributed by atoms with E-state index in [-0.39, 0.29) is 12.5 Å². The first-order valence-corrected chi connectivity index (χ1v) is 4.95. The lowest BCUT2D eigenvalue weighted by atomic mass is 10.2. The van der Waals surface area contributed by atoms with Crippen molar-refractivity contribution in [2.45, 2.75) is 6.92 Å². The molecule has 0 aromatic heterocycles. The Hall–Kier alpha value is -1.42. The Morgan fingerprint density at radius 2 is 2.27 bits per heavy atom. The molecule has 1 atom stereocenters. The fourth-order valence-corrected chi connectivity index (χ4v) is 1.16. The van der Waals surface area contributed by atoms with Crippen molar-refractivity contribution in [3.05, 3.63) is 18.2 Å². The molecule has 0 heterocycles. The molecule has 0 fully saturated rings. The number of hydrogen-bond acceptors (Lipinski definition) is 4. The zero-order chi connectivity index (χ0) is 11.3. The van der Waals surface area contributed by atoms with Gasteiger partial charge in [0.1, 0.15) is 5.75 Å². The number of methoxy groups -OCH3 is 1. The van der Waals surface area contributed by atoms with Crippen LogP contribution in [0.1, 0.15) is 6.92 Å². The van der Waals surface area contributed by atoms with Crippen molar-refractivity contribution in [2.75, 3.05) is 31.3 Å². The molecule has 1 aromatic rings. The van der Waals surface area contributed by atoms with Gasteiger partial charge >= 0.3 is 0 Å². The van der Waals surface area contributed by atoms with Crippen LogP contribution in [0, 0.1) is 5.92 Å². The van der Waals surface area contributed by atoms with Crippen molar-refractivity contribution >= 4 is 11.4 Å². The highest BCUT2D eigenvalue weighted by Crippen LogP contribution is 2.24. The number of nitrogen functional groups attached to an aromatic ring is 1. The largest absolute Gasteiger partial charge is 0.497 e. The third-order valence-electron chi connectivity index (χ3n) is 2.21. The van der Waals surface area contributed by atoms with E-state index in [1.165, 1.54) is 0 Å². The quantitative estimate of drug-likeness (QED) is 0.641. The summed E-state index contributed by atoms with van der Waals surface area (Å²) in [7, 11) is 1.62. The molecule has 0 saturated heterocycles. The van der Waals surface area contributed by atoms with E-state index in [1.807, 2.05) is 19.1 Å². The monoisotopic (exact) mass is 210 g/mol. The number of aliphatic hydroxyl groups excluding tert-OH is 1. The summed E-state index contributed by atoms with van der Waals surface area (Å²) in [6, 6.07) is 5.46. The number of anilines is 2. The highest BCUT2D eigenvalue weighted by Gasteiger charge is 2.03. The SMILES string of the molecule is COc1ccc(N)c(NCC(C)CO)c1. The van der Waals surface area contributed by atoms with Gasteiger partial charge in [0.15, 0.2) is 0 Å². The van der Waals surface area contributed by atoms with E-state index in [0.717, 1.165) is 11.4 Å². The van der Waals surface area contributed by atoms with E-state index in [0.29, 0.717) is 12.2 Å². The predicted molar refractivity (Wildman–Crippen MR) is 62.1 cm³/mol. The molecule has 84 valence electrons. The fraction of sp³-hybridized carbons (Fsp3) is 0.455. The Bertz CT molecular complexity index is 315. The van der Waals surface area contributed by atoms with Crippen molar-refractivity contribution in [2.24, 2.45) is 5.92 Å². The number of rotatable bonds is 5. The first-order chi connectivity index (χ1) is 7.17. The minimum atomic E-state index is 0.164. The molecule has 0 aliphatic carbocycles. The van der Waals surface area contributed by atoms with Crippen molar-refractivity contribution in [3.63, 3.8) is 0 Å². The third kappa shape index (κ3) is 3.32. The van der Waals surface area contributed by atoms with Gasteiger partial charge in [-0.1, -0.05) is 6.92 Å². The summed E-state index contributed by atoms with van der Waals surface area (Å²) in [4.78, 5) is 0. The molecule has 0 radical (unpaired) electrons. The highest BCUT2D eigenvalue weighted by atomic mass is 16.5. The Morgan fingerprint density at radius 1 is 1.53 bits per heavy atom. The van der Waals surface area contributed by atoms with Crippen LogP contribution in [-0.2, 0) is 0 Å². The van der Waals surface area contributed by atoms with Crippen LogP contribution < -0.4 is 15.8 Å². The molecule has 1 aromatic carbocycles. The van der Waals surface area contributed by atoms with Crippen LogP contribution in [-0.4, -0.2) is 25.4 Å². The predicted octanol–water partition coefficient (Wildman–Crippen LogP) is 1.32. The molecule has 0 aliphatic heterocycles. The molecule has 0 aliphatic rings. The summed E-state index contributed by atoms with van der Waals surface area (Å²) in [5, 5.41) is 12.1. The van der Waals surface area contributed by atoms with E-state index in [4.69, 9.17) is 15.6 Å². The second-order valence-corrected chi connectivity index (χ2v) is 3.62. The third-order valence-corrected chi connectivity index (χ3v) is 2.21. The second-order valence-electron chi connectivity index (χ2n) is 3.62. The summed E-state index contributed by atoms with van der Waals surface area (Å²) in [6.07, 6.45) is 0. The summed E-state index contributed by atoms with van der Waals surface area (Å²) in [6.45, 7) is 2.81. The zero-order valence-corrected chi connectivity index (χ0v) is 9.16. The molecule has 1 rings (SSSR count). The van der Waals surface area contributed by atoms with Gasteiger partial charge in [-0.3, -0.25) is 0 Å². The molecule has 4 nitrogen and oxygen atoms in total. The van der Waals surface area contributed by atoms with Gasteiger partial charge in [-0.2, -0.15) is 0 Å². The van der Waals surface area contributed by atoms with Crippen molar-refractivity contribution in [3.8, 4) is 5.75 Å². The Labute approximate surface area is 90.1 Å². The highest BCUT2D eigenvalue weighted by molar-refractivity contribution is 5.68. The normalized spacial score (nSPS) is 12.2. The summed E-state index contributed by atoms with van der Waals surface area (Å²) < 4.78 is 5.10. The van der Waals surface area contributed by atoms with Gasteiger partial charge in [0.05, 0.1) is 18.5 Å². The number of nitrogens with two attached hydrogens (primary N) is 1. The van der Waals surface area contributed by atoms with Crippen LogP contribution in [0.25, 0.3) is 0 Å². The summed E-state index contributed by atoms with van der Waals surface area (Å²) in [5.74, 6) is 0.971. The van der Waals surface area contributed by atoms with Gasteiger partial charge in [-0.25, -0.2) is 0 Å². The van der Waals surface area contributed by atoms with Crippen molar-refractivity contribution < 1.29 is 9.84 Å². The molecule has 0 bridgehead atoms. The Morgan fingerprint density at radius 3 is 2.87 bits per heavy atom. The zero-order valence-electron chi connectivity index (χ0n) is 9.16. The first kappa shape index (κ1) is 11.7. The molecule has 4 heteroatoms. The van der Waals surface area contributed by atoms with Crippen LogP contribution >= 0.6 is 0 Å². The average Bonchev–Trinajstić information content (AvgIpc) is 2.27. The van der Waals surface area contributed by atoms with Crippen LogP contribution in [0.5, 0.6) is 5.75 Å². The van der Waals surface area contributed by atoms with Gasteiger partial charge < -0.3 is 20.9 Å². The number of nitrogens with one attached hydrogen (secondary N) is 1. The van der Waals surface area contributed by atoms with Gasteiger partial charge in [-0.15, -0.1) is 0 Å². The van der Waals surface area contributed by atoms with Gasteiger partial charge in [0.2, 0.25) is 0 Å². The summed E-state index contributed by atoms with van der Waals surface area (Å²) in [5.41, 5.74) is 7.31. The van der Waals surface area contributed by atoms with Crippen LogP contribution in [0.15, 0.2) is 18.2 Å². The van der Waals surface area contributed by atoms with E-state index in [2.05, 4.69) is 5.32 Å². The van der Waals surface area contributed by atoms with E-state index in [1.54, 1.807) is 13.2 Å². The van der Waals surface area contributed by atoms with Crippen LogP contribution in [0.3, 0.4) is 0 Å². The standard InChI is InChI=1S/C11H18N2O2/c1-8(7-14)6-13-11-5-9(15-2)3-4-10(11)12/h3-5,8,13-14H,6-7,12H2,1-2H3. The number of ether oxygens (including phenoxy) is 1. The fourth-order valence-electron chi connectivity index (χ4n) is 1.16. The first-order valence-electron chi connectivity index (χ1n) is 4.95. The van der Waals surface area contributed by atoms with Gasteiger partial charge in [0.25, 0.3) is 0 Å². The lowest BCUT2D eigenvalue weighted by Gasteiger charge is -2.13. The molecular weight excluding hydrogens is 192 g/mol. The topological polar surface area (TPSA) is 67.5 Å². The lowest BCUT2D eigenvalue weighted by Crippen LogP contribution is -2.15. The number of aliphatic hydroxyl groups is 1. The smallest absolute Gasteiger partial charge is 0.121 e. The van der Waals surface area contributed by atoms with Crippen LogP contribution in [0.2, 0.25) is 0 Å². The van der Waals surface area contributed by atoms with Crippen molar-refractivity contribution in [1.82, 2.24) is 0 Å². The molecule has 0 amide bonds. The maximum atomic E-state index is 8.89. The minimum Gasteiger partial charge on any atom is -0.497 e. The molecule has 4 N–H and O–H groups in total. The molecular formula is C11H18N2O2. The van der Waals surface area contributed by atoms with E-state index in [9.17, 15) is 0 Å². The number of hydrogen-bond donors (Lipinski definition) is 3. The van der Waals surface area contributed by atoms with Crippen LogP contribution in [0.4, 0.5) is 11.4 Å². The Kier molecular flexibility index (Phi) is 4.24. The molecule has 0 spiro atoms. The molecule has 15 heavy (non-hydrogen) atoms. The molecule has 1 unspecified atom stereocenters.